The second-order valence-electron chi connectivity index (χ2n) is 12.0. The average Bonchev–Trinajstić information content (AvgIpc) is 3.06. The van der Waals surface area contributed by atoms with Crippen molar-refractivity contribution >= 4 is 5.57 Å². The predicted molar refractivity (Wildman–Crippen MR) is 180 cm³/mol. The van der Waals surface area contributed by atoms with E-state index in [4.69, 9.17) is 9.47 Å². The van der Waals surface area contributed by atoms with E-state index >= 15 is 8.78 Å². The summed E-state index contributed by atoms with van der Waals surface area (Å²) in [6.45, 7) is 5.69. The van der Waals surface area contributed by atoms with Gasteiger partial charge in [0.15, 0.2) is 17.4 Å². The van der Waals surface area contributed by atoms with Gasteiger partial charge in [-0.15, -0.1) is 0 Å². The molecule has 0 amide bonds. The Balaban J connectivity index is 1.41. The van der Waals surface area contributed by atoms with Crippen molar-refractivity contribution in [2.24, 2.45) is 0 Å². The lowest BCUT2D eigenvalue weighted by atomic mass is 9.93. The largest absolute Gasteiger partial charge is 0.346 e. The van der Waals surface area contributed by atoms with E-state index in [-0.39, 0.29) is 11.1 Å². The van der Waals surface area contributed by atoms with Gasteiger partial charge in [0.25, 0.3) is 0 Å². The zero-order chi connectivity index (χ0) is 31.0. The molecule has 1 aliphatic carbocycles. The first kappa shape index (κ1) is 33.8. The average molecular weight is 601 g/mol. The van der Waals surface area contributed by atoms with Gasteiger partial charge >= 0.3 is 0 Å². The van der Waals surface area contributed by atoms with Gasteiger partial charge in [-0.1, -0.05) is 157 Å². The number of benzene rings is 3. The molecule has 0 saturated heterocycles. The van der Waals surface area contributed by atoms with Crippen LogP contribution in [0.25, 0.3) is 27.8 Å². The van der Waals surface area contributed by atoms with Crippen LogP contribution in [0, 0.1) is 11.6 Å². The number of ether oxygens (including phenoxy) is 2. The highest BCUT2D eigenvalue weighted by atomic mass is 19.2. The Morgan fingerprint density at radius 1 is 0.568 bits per heavy atom. The number of halogens is 2. The fourth-order valence-corrected chi connectivity index (χ4v) is 5.78. The van der Waals surface area contributed by atoms with E-state index in [1.54, 1.807) is 12.1 Å². The summed E-state index contributed by atoms with van der Waals surface area (Å²) in [6, 6.07) is 20.9. The molecule has 0 heterocycles. The van der Waals surface area contributed by atoms with Crippen molar-refractivity contribution in [2.75, 3.05) is 13.2 Å². The molecule has 0 aromatic heterocycles. The van der Waals surface area contributed by atoms with E-state index in [0.717, 1.165) is 36.8 Å². The van der Waals surface area contributed by atoms with Crippen LogP contribution in [-0.4, -0.2) is 19.0 Å². The molecular formula is C40H50F2O2. The molecule has 2 nitrogen and oxygen atoms in total. The standard InChI is InChI=1S/C40H50F2O2/c1-3-5-7-9-10-12-17-31-44-40(43-30-16-11-8-6-4-2)28-26-35(27-29-40)37-25-24-36(38(41)39(37)42)34-22-20-33(21-23-34)32-18-14-13-15-19-32/h13-15,18-28H,3-12,16-17,29-31H2,1-2H3. The summed E-state index contributed by atoms with van der Waals surface area (Å²) in [5.41, 5.74) is 3.92. The second kappa shape index (κ2) is 18.0. The Morgan fingerprint density at radius 3 is 1.64 bits per heavy atom. The maximum absolute atomic E-state index is 15.5. The van der Waals surface area contributed by atoms with Crippen molar-refractivity contribution in [2.45, 2.75) is 103 Å². The van der Waals surface area contributed by atoms with Gasteiger partial charge in [-0.2, -0.15) is 0 Å². The molecule has 3 aromatic rings. The molecule has 4 heteroatoms. The van der Waals surface area contributed by atoms with E-state index in [9.17, 15) is 0 Å². The highest BCUT2D eigenvalue weighted by Crippen LogP contribution is 2.35. The summed E-state index contributed by atoms with van der Waals surface area (Å²) in [6.07, 6.45) is 20.4. The molecule has 0 radical (unpaired) electrons. The molecule has 1 atom stereocenters. The zero-order valence-electron chi connectivity index (χ0n) is 26.8. The van der Waals surface area contributed by atoms with E-state index in [0.29, 0.717) is 30.8 Å². The predicted octanol–water partition coefficient (Wildman–Crippen LogP) is 12.1. The molecule has 236 valence electrons. The van der Waals surface area contributed by atoms with Gasteiger partial charge in [-0.25, -0.2) is 8.78 Å². The van der Waals surface area contributed by atoms with Crippen molar-refractivity contribution < 1.29 is 18.3 Å². The Kier molecular flexibility index (Phi) is 13.8. The molecule has 0 spiro atoms. The molecule has 0 bridgehead atoms. The second-order valence-corrected chi connectivity index (χ2v) is 12.0. The molecule has 4 rings (SSSR count). The minimum absolute atomic E-state index is 0.253. The van der Waals surface area contributed by atoms with Crippen LogP contribution in [0.3, 0.4) is 0 Å². The van der Waals surface area contributed by atoms with Crippen molar-refractivity contribution in [3.05, 3.63) is 102 Å². The lowest BCUT2D eigenvalue weighted by molar-refractivity contribution is -0.203. The molecule has 0 aliphatic heterocycles. The molecule has 3 aromatic carbocycles. The molecular weight excluding hydrogens is 550 g/mol. The molecule has 44 heavy (non-hydrogen) atoms. The van der Waals surface area contributed by atoms with Crippen LogP contribution in [0.4, 0.5) is 8.78 Å². The fourth-order valence-electron chi connectivity index (χ4n) is 5.78. The minimum Gasteiger partial charge on any atom is -0.346 e. The molecule has 0 N–H and O–H groups in total. The van der Waals surface area contributed by atoms with Gasteiger partial charge in [0.05, 0.1) is 13.2 Å². The number of hydrogen-bond donors (Lipinski definition) is 0. The first-order chi connectivity index (χ1) is 21.6. The summed E-state index contributed by atoms with van der Waals surface area (Å²) in [4.78, 5) is 0. The molecule has 1 unspecified atom stereocenters. The van der Waals surface area contributed by atoms with Crippen LogP contribution in [0.2, 0.25) is 0 Å². The Morgan fingerprint density at radius 2 is 1.07 bits per heavy atom. The Hall–Kier alpha value is -3.08. The normalized spacial score (nSPS) is 16.3. The van der Waals surface area contributed by atoms with Gasteiger partial charge in [0.1, 0.15) is 0 Å². The third-order valence-electron chi connectivity index (χ3n) is 8.51. The smallest absolute Gasteiger partial charge is 0.191 e. The number of allylic oxidation sites excluding steroid dienone is 2. The third-order valence-corrected chi connectivity index (χ3v) is 8.51. The highest BCUT2D eigenvalue weighted by Gasteiger charge is 2.31. The lowest BCUT2D eigenvalue weighted by Gasteiger charge is -2.33. The van der Waals surface area contributed by atoms with Crippen molar-refractivity contribution in [1.82, 2.24) is 0 Å². The molecule has 0 fully saturated rings. The first-order valence-corrected chi connectivity index (χ1v) is 16.9. The Bertz CT molecular complexity index is 1330. The van der Waals surface area contributed by atoms with Crippen LogP contribution < -0.4 is 0 Å². The number of unbranched alkanes of at least 4 members (excludes halogenated alkanes) is 10. The van der Waals surface area contributed by atoms with Gasteiger partial charge in [-0.3, -0.25) is 0 Å². The Labute approximate surface area is 264 Å². The monoisotopic (exact) mass is 600 g/mol. The minimum atomic E-state index is -0.855. The van der Waals surface area contributed by atoms with Gasteiger partial charge in [-0.05, 0) is 41.2 Å². The summed E-state index contributed by atoms with van der Waals surface area (Å²) in [7, 11) is 0. The molecule has 1 aliphatic rings. The summed E-state index contributed by atoms with van der Waals surface area (Å²) in [5.74, 6) is -2.52. The van der Waals surface area contributed by atoms with E-state index < -0.39 is 17.4 Å². The number of hydrogen-bond acceptors (Lipinski definition) is 2. The topological polar surface area (TPSA) is 18.5 Å². The van der Waals surface area contributed by atoms with Gasteiger partial charge in [0, 0.05) is 17.5 Å². The van der Waals surface area contributed by atoms with E-state index in [1.165, 1.54) is 51.4 Å². The van der Waals surface area contributed by atoms with Crippen LogP contribution in [0.15, 0.2) is 85.0 Å². The van der Waals surface area contributed by atoms with Crippen LogP contribution in [0.1, 0.15) is 103 Å². The molecule has 0 saturated carbocycles. The van der Waals surface area contributed by atoms with Crippen LogP contribution >= 0.6 is 0 Å². The first-order valence-electron chi connectivity index (χ1n) is 16.9. The van der Waals surface area contributed by atoms with Crippen molar-refractivity contribution in [3.63, 3.8) is 0 Å². The highest BCUT2D eigenvalue weighted by molar-refractivity contribution is 5.78. The number of rotatable bonds is 19. The van der Waals surface area contributed by atoms with Crippen molar-refractivity contribution in [3.8, 4) is 22.3 Å². The van der Waals surface area contributed by atoms with Crippen LogP contribution in [0.5, 0.6) is 0 Å². The lowest BCUT2D eigenvalue weighted by Crippen LogP contribution is -2.35. The summed E-state index contributed by atoms with van der Waals surface area (Å²) >= 11 is 0. The van der Waals surface area contributed by atoms with Gasteiger partial charge in [0.2, 0.25) is 0 Å². The van der Waals surface area contributed by atoms with Crippen molar-refractivity contribution in [1.29, 1.82) is 0 Å². The quantitative estimate of drug-likeness (QED) is 0.101. The maximum atomic E-state index is 15.5. The summed E-state index contributed by atoms with van der Waals surface area (Å²) < 4.78 is 43.6. The summed E-state index contributed by atoms with van der Waals surface area (Å²) in [5, 5.41) is 0. The van der Waals surface area contributed by atoms with Gasteiger partial charge < -0.3 is 9.47 Å². The van der Waals surface area contributed by atoms with E-state index in [1.807, 2.05) is 72.8 Å². The SMILES string of the molecule is CCCCCCCCCOC1(OCCCCCCC)C=CC(c2ccc(-c3ccc(-c4ccccc4)cc3)c(F)c2F)=CC1. The van der Waals surface area contributed by atoms with Crippen LogP contribution in [-0.2, 0) is 9.47 Å². The maximum Gasteiger partial charge on any atom is 0.191 e. The zero-order valence-corrected chi connectivity index (χ0v) is 26.8. The third kappa shape index (κ3) is 9.71. The van der Waals surface area contributed by atoms with E-state index in [2.05, 4.69) is 13.8 Å². The fraction of sp³-hybridized carbons (Fsp3) is 0.450.